The predicted molar refractivity (Wildman–Crippen MR) is 67.5 cm³/mol. The second kappa shape index (κ2) is 5.84. The van der Waals surface area contributed by atoms with E-state index in [2.05, 4.69) is 10.3 Å². The molecule has 2 aromatic rings. The number of halogens is 1. The highest BCUT2D eigenvalue weighted by Gasteiger charge is 2.11. The lowest BCUT2D eigenvalue weighted by Gasteiger charge is -2.06. The van der Waals surface area contributed by atoms with Crippen LogP contribution in [0.4, 0.5) is 0 Å². The molecule has 1 aromatic carbocycles. The van der Waals surface area contributed by atoms with Crippen LogP contribution < -0.4 is 0 Å². The Labute approximate surface area is 110 Å². The smallest absolute Gasteiger partial charge is 0.115 e. The largest absolute Gasteiger partial charge is 0.508 e. The maximum atomic E-state index is 9.23. The summed E-state index contributed by atoms with van der Waals surface area (Å²) in [6.45, 7) is 0.996. The molecule has 0 radical (unpaired) electrons. The third-order valence-corrected chi connectivity index (χ3v) is 2.85. The molecular formula is C12H14ClN3O2. The van der Waals surface area contributed by atoms with E-state index in [4.69, 9.17) is 16.3 Å². The minimum Gasteiger partial charge on any atom is -0.508 e. The van der Waals surface area contributed by atoms with E-state index >= 15 is 0 Å². The van der Waals surface area contributed by atoms with Gasteiger partial charge < -0.3 is 9.84 Å². The summed E-state index contributed by atoms with van der Waals surface area (Å²) >= 11 is 5.80. The fraction of sp³-hybridized carbons (Fsp3) is 0.333. The van der Waals surface area contributed by atoms with Crippen molar-refractivity contribution < 1.29 is 9.84 Å². The Morgan fingerprint density at radius 1 is 1.33 bits per heavy atom. The molecule has 6 heteroatoms. The first kappa shape index (κ1) is 12.9. The lowest BCUT2D eigenvalue weighted by atomic mass is 10.2. The van der Waals surface area contributed by atoms with Gasteiger partial charge >= 0.3 is 0 Å². The van der Waals surface area contributed by atoms with Crippen molar-refractivity contribution in [2.75, 3.05) is 7.11 Å². The minimum atomic E-state index is 0.246. The number of nitrogens with zero attached hydrogens (tertiary/aromatic N) is 3. The lowest BCUT2D eigenvalue weighted by Crippen LogP contribution is -2.08. The van der Waals surface area contributed by atoms with Gasteiger partial charge in [0.1, 0.15) is 11.4 Å². The first-order chi connectivity index (χ1) is 8.74. The second-order valence-electron chi connectivity index (χ2n) is 3.87. The molecule has 96 valence electrons. The van der Waals surface area contributed by atoms with Crippen LogP contribution in [0.1, 0.15) is 17.0 Å². The topological polar surface area (TPSA) is 60.2 Å². The van der Waals surface area contributed by atoms with E-state index < -0.39 is 0 Å². The van der Waals surface area contributed by atoms with Crippen LogP contribution in [0.3, 0.4) is 0 Å². The summed E-state index contributed by atoms with van der Waals surface area (Å²) in [7, 11) is 1.62. The number of rotatable bonds is 5. The van der Waals surface area contributed by atoms with Crippen LogP contribution in [0.25, 0.3) is 0 Å². The van der Waals surface area contributed by atoms with Gasteiger partial charge in [-0.25, -0.2) is 4.68 Å². The number of alkyl halides is 1. The zero-order chi connectivity index (χ0) is 13.0. The lowest BCUT2D eigenvalue weighted by molar-refractivity contribution is 0.176. The minimum absolute atomic E-state index is 0.246. The van der Waals surface area contributed by atoms with Crippen LogP contribution in [0.5, 0.6) is 5.75 Å². The fourth-order valence-corrected chi connectivity index (χ4v) is 1.88. The Morgan fingerprint density at radius 2 is 2.06 bits per heavy atom. The molecule has 0 spiro atoms. The first-order valence-electron chi connectivity index (χ1n) is 5.48. The Bertz CT molecular complexity index is 511. The number of ether oxygens (including phenoxy) is 1. The summed E-state index contributed by atoms with van der Waals surface area (Å²) in [5.41, 5.74) is 2.63. The van der Waals surface area contributed by atoms with Gasteiger partial charge in [0.15, 0.2) is 0 Å². The van der Waals surface area contributed by atoms with Crippen molar-refractivity contribution in [3.05, 3.63) is 41.2 Å². The zero-order valence-electron chi connectivity index (χ0n) is 10.0. The van der Waals surface area contributed by atoms with Gasteiger partial charge in [0.25, 0.3) is 0 Å². The Hall–Kier alpha value is -1.59. The third kappa shape index (κ3) is 2.80. The van der Waals surface area contributed by atoms with Gasteiger partial charge in [0, 0.05) is 7.11 Å². The summed E-state index contributed by atoms with van der Waals surface area (Å²) in [6.07, 6.45) is 0. The maximum Gasteiger partial charge on any atom is 0.115 e. The Balaban J connectivity index is 2.22. The summed E-state index contributed by atoms with van der Waals surface area (Å²) in [5.74, 6) is 0.560. The average Bonchev–Trinajstić information content (AvgIpc) is 2.75. The monoisotopic (exact) mass is 267 g/mol. The van der Waals surface area contributed by atoms with E-state index in [0.29, 0.717) is 19.0 Å². The molecule has 1 heterocycles. The molecule has 0 atom stereocenters. The van der Waals surface area contributed by atoms with Gasteiger partial charge in [-0.3, -0.25) is 0 Å². The molecule has 0 unspecified atom stereocenters. The summed E-state index contributed by atoms with van der Waals surface area (Å²) in [4.78, 5) is 0. The normalized spacial score (nSPS) is 10.8. The molecule has 0 amide bonds. The van der Waals surface area contributed by atoms with Gasteiger partial charge in [-0.2, -0.15) is 0 Å². The highest BCUT2D eigenvalue weighted by Crippen LogP contribution is 2.14. The van der Waals surface area contributed by atoms with Crippen molar-refractivity contribution in [2.45, 2.75) is 19.0 Å². The highest BCUT2D eigenvalue weighted by atomic mass is 35.5. The number of methoxy groups -OCH3 is 1. The molecular weight excluding hydrogens is 254 g/mol. The molecule has 0 saturated carbocycles. The number of phenolic OH excluding ortho intramolecular Hbond substituents is 1. The van der Waals surface area contributed by atoms with E-state index in [-0.39, 0.29) is 5.75 Å². The quantitative estimate of drug-likeness (QED) is 0.841. The number of aromatic hydroxyl groups is 1. The first-order valence-corrected chi connectivity index (χ1v) is 6.02. The number of aromatic nitrogens is 3. The van der Waals surface area contributed by atoms with Crippen LogP contribution >= 0.6 is 11.6 Å². The number of hydrogen-bond acceptors (Lipinski definition) is 4. The van der Waals surface area contributed by atoms with Crippen LogP contribution in [-0.2, 0) is 23.8 Å². The molecule has 0 bridgehead atoms. The Kier molecular flexibility index (Phi) is 4.17. The fourth-order valence-electron chi connectivity index (χ4n) is 1.67. The molecule has 0 aliphatic carbocycles. The maximum absolute atomic E-state index is 9.23. The van der Waals surface area contributed by atoms with Crippen LogP contribution in [-0.4, -0.2) is 27.2 Å². The van der Waals surface area contributed by atoms with Gasteiger partial charge in [0.05, 0.1) is 24.7 Å². The van der Waals surface area contributed by atoms with Crippen LogP contribution in [0.15, 0.2) is 24.3 Å². The SMILES string of the molecule is COCc1c(CCl)nnn1Cc1ccc(O)cc1. The highest BCUT2D eigenvalue weighted by molar-refractivity contribution is 6.16. The summed E-state index contributed by atoms with van der Waals surface area (Å²) in [6, 6.07) is 6.97. The van der Waals surface area contributed by atoms with E-state index in [1.807, 2.05) is 12.1 Å². The molecule has 1 aromatic heterocycles. The molecule has 5 nitrogen and oxygen atoms in total. The number of hydrogen-bond donors (Lipinski definition) is 1. The van der Waals surface area contributed by atoms with Crippen molar-refractivity contribution >= 4 is 11.6 Å². The number of phenols is 1. The van der Waals surface area contributed by atoms with Crippen LogP contribution in [0.2, 0.25) is 0 Å². The number of benzene rings is 1. The molecule has 0 aliphatic rings. The molecule has 0 aliphatic heterocycles. The van der Waals surface area contributed by atoms with Crippen molar-refractivity contribution in [3.63, 3.8) is 0 Å². The van der Waals surface area contributed by atoms with Gasteiger partial charge in [-0.05, 0) is 17.7 Å². The van der Waals surface area contributed by atoms with E-state index in [1.54, 1.807) is 23.9 Å². The van der Waals surface area contributed by atoms with E-state index in [1.165, 1.54) is 0 Å². The molecule has 1 N–H and O–H groups in total. The van der Waals surface area contributed by atoms with Crippen molar-refractivity contribution in [1.29, 1.82) is 0 Å². The average molecular weight is 268 g/mol. The third-order valence-electron chi connectivity index (χ3n) is 2.59. The molecule has 2 rings (SSSR count). The molecule has 0 saturated heterocycles. The summed E-state index contributed by atoms with van der Waals surface area (Å²) in [5, 5.41) is 17.3. The van der Waals surface area contributed by atoms with E-state index in [0.717, 1.165) is 17.0 Å². The van der Waals surface area contributed by atoms with Crippen molar-refractivity contribution in [3.8, 4) is 5.75 Å². The second-order valence-corrected chi connectivity index (χ2v) is 4.14. The van der Waals surface area contributed by atoms with Gasteiger partial charge in [0.2, 0.25) is 0 Å². The van der Waals surface area contributed by atoms with Gasteiger partial charge in [-0.1, -0.05) is 17.3 Å². The zero-order valence-corrected chi connectivity index (χ0v) is 10.8. The van der Waals surface area contributed by atoms with Crippen molar-refractivity contribution in [1.82, 2.24) is 15.0 Å². The summed E-state index contributed by atoms with van der Waals surface area (Å²) < 4.78 is 6.88. The molecule has 18 heavy (non-hydrogen) atoms. The van der Waals surface area contributed by atoms with Gasteiger partial charge in [-0.15, -0.1) is 16.7 Å². The standard InChI is InChI=1S/C12H14ClN3O2/c1-18-8-12-11(6-13)14-15-16(12)7-9-2-4-10(17)5-3-9/h2-5,17H,6-8H2,1H3. The Morgan fingerprint density at radius 3 is 2.67 bits per heavy atom. The van der Waals surface area contributed by atoms with Crippen molar-refractivity contribution in [2.24, 2.45) is 0 Å². The molecule has 0 fully saturated rings. The predicted octanol–water partition coefficient (Wildman–Crippen LogP) is 1.92. The van der Waals surface area contributed by atoms with E-state index in [9.17, 15) is 5.11 Å². The van der Waals surface area contributed by atoms with Crippen LogP contribution in [0, 0.1) is 0 Å².